The Morgan fingerprint density at radius 1 is 0.767 bits per heavy atom. The van der Waals surface area contributed by atoms with Crippen molar-refractivity contribution in [2.75, 3.05) is 0 Å². The SMILES string of the molecule is CCCCCC(C#N)NC(=O)C(C)(C)N=NC(C)(C)C(=O)NC(C#N)CCCCC. The van der Waals surface area contributed by atoms with Gasteiger partial charge >= 0.3 is 0 Å². The zero-order valence-corrected chi connectivity index (χ0v) is 19.4. The summed E-state index contributed by atoms with van der Waals surface area (Å²) in [6.07, 6.45) is 6.98. The highest BCUT2D eigenvalue weighted by molar-refractivity contribution is 5.87. The van der Waals surface area contributed by atoms with Crippen molar-refractivity contribution in [3.63, 3.8) is 0 Å². The van der Waals surface area contributed by atoms with Gasteiger partial charge in [-0.15, -0.1) is 0 Å². The van der Waals surface area contributed by atoms with Crippen molar-refractivity contribution in [1.29, 1.82) is 10.5 Å². The van der Waals surface area contributed by atoms with Gasteiger partial charge in [-0.1, -0.05) is 52.4 Å². The van der Waals surface area contributed by atoms with Crippen LogP contribution in [0.1, 0.15) is 92.9 Å². The lowest BCUT2D eigenvalue weighted by Crippen LogP contribution is -2.47. The number of nitriles is 2. The molecular formula is C22H38N6O2. The van der Waals surface area contributed by atoms with Crippen molar-refractivity contribution < 1.29 is 9.59 Å². The van der Waals surface area contributed by atoms with Gasteiger partial charge in [0.05, 0.1) is 12.1 Å². The van der Waals surface area contributed by atoms with E-state index in [0.29, 0.717) is 12.8 Å². The van der Waals surface area contributed by atoms with Gasteiger partial charge in [-0.3, -0.25) is 9.59 Å². The fourth-order valence-corrected chi connectivity index (χ4v) is 2.55. The lowest BCUT2D eigenvalue weighted by molar-refractivity contribution is -0.127. The highest BCUT2D eigenvalue weighted by atomic mass is 16.2. The van der Waals surface area contributed by atoms with Crippen molar-refractivity contribution in [3.8, 4) is 12.1 Å². The van der Waals surface area contributed by atoms with Crippen molar-refractivity contribution >= 4 is 11.8 Å². The Bertz CT molecular complexity index is 602. The number of azo groups is 1. The number of unbranched alkanes of at least 4 members (excludes halogenated alkanes) is 4. The summed E-state index contributed by atoms with van der Waals surface area (Å²) < 4.78 is 0. The number of nitrogens with one attached hydrogen (secondary N) is 2. The molecule has 2 unspecified atom stereocenters. The monoisotopic (exact) mass is 418 g/mol. The van der Waals surface area contributed by atoms with E-state index in [4.69, 9.17) is 0 Å². The number of hydrogen-bond acceptors (Lipinski definition) is 6. The summed E-state index contributed by atoms with van der Waals surface area (Å²) >= 11 is 0. The quantitative estimate of drug-likeness (QED) is 0.324. The van der Waals surface area contributed by atoms with Crippen LogP contribution >= 0.6 is 0 Å². The molecule has 0 aliphatic rings. The third-order valence-corrected chi connectivity index (χ3v) is 4.78. The van der Waals surface area contributed by atoms with Crippen LogP contribution in [0.4, 0.5) is 0 Å². The Labute approximate surface area is 181 Å². The van der Waals surface area contributed by atoms with Crippen LogP contribution in [0.25, 0.3) is 0 Å². The molecule has 0 fully saturated rings. The fraction of sp³-hybridized carbons (Fsp3) is 0.818. The standard InChI is InChI=1S/C22H38N6O2/c1-7-9-11-13-17(15-23)25-19(29)21(3,4)27-28-22(5,6)20(30)26-18(16-24)14-12-10-8-2/h17-18H,7-14H2,1-6H3,(H,25,29)(H,26,30). The first-order valence-electron chi connectivity index (χ1n) is 10.9. The number of nitrogens with zero attached hydrogens (tertiary/aromatic N) is 4. The maximum absolute atomic E-state index is 12.6. The van der Waals surface area contributed by atoms with Crippen LogP contribution in [0.5, 0.6) is 0 Å². The van der Waals surface area contributed by atoms with E-state index in [-0.39, 0.29) is 0 Å². The molecule has 0 aromatic carbocycles. The molecule has 0 aliphatic heterocycles. The molecular weight excluding hydrogens is 380 g/mol. The highest BCUT2D eigenvalue weighted by Crippen LogP contribution is 2.18. The molecule has 2 atom stereocenters. The molecule has 0 radical (unpaired) electrons. The zero-order chi connectivity index (χ0) is 23.2. The average Bonchev–Trinajstić information content (AvgIpc) is 2.70. The molecule has 0 aromatic heterocycles. The van der Waals surface area contributed by atoms with Gasteiger partial charge in [0.15, 0.2) is 11.1 Å². The van der Waals surface area contributed by atoms with Crippen LogP contribution in [0.2, 0.25) is 0 Å². The van der Waals surface area contributed by atoms with Gasteiger partial charge < -0.3 is 10.6 Å². The van der Waals surface area contributed by atoms with Crippen molar-refractivity contribution in [2.45, 2.75) is 116 Å². The van der Waals surface area contributed by atoms with Crippen molar-refractivity contribution in [2.24, 2.45) is 10.2 Å². The minimum Gasteiger partial charge on any atom is -0.338 e. The molecule has 0 saturated heterocycles. The molecule has 168 valence electrons. The number of carbonyl (C=O) groups is 2. The summed E-state index contributed by atoms with van der Waals surface area (Å²) in [5.41, 5.74) is -2.46. The Balaban J connectivity index is 4.97. The molecule has 0 spiro atoms. The first-order chi connectivity index (χ1) is 14.0. The van der Waals surface area contributed by atoms with Crippen LogP contribution in [0, 0.1) is 22.7 Å². The number of amides is 2. The van der Waals surface area contributed by atoms with Gasteiger partial charge in [-0.2, -0.15) is 20.8 Å². The zero-order valence-electron chi connectivity index (χ0n) is 19.4. The summed E-state index contributed by atoms with van der Waals surface area (Å²) in [4.78, 5) is 25.1. The van der Waals surface area contributed by atoms with Gasteiger partial charge in [0.1, 0.15) is 12.1 Å². The molecule has 8 heteroatoms. The van der Waals surface area contributed by atoms with Crippen molar-refractivity contribution in [3.05, 3.63) is 0 Å². The maximum atomic E-state index is 12.6. The summed E-state index contributed by atoms with van der Waals surface area (Å²) in [6.45, 7) is 10.5. The summed E-state index contributed by atoms with van der Waals surface area (Å²) in [7, 11) is 0. The first-order valence-corrected chi connectivity index (χ1v) is 10.9. The fourth-order valence-electron chi connectivity index (χ4n) is 2.55. The van der Waals surface area contributed by atoms with E-state index in [1.54, 1.807) is 27.7 Å². The molecule has 0 bridgehead atoms. The third kappa shape index (κ3) is 10.3. The molecule has 2 N–H and O–H groups in total. The maximum Gasteiger partial charge on any atom is 0.250 e. The largest absolute Gasteiger partial charge is 0.338 e. The van der Waals surface area contributed by atoms with Crippen LogP contribution in [0.3, 0.4) is 0 Å². The third-order valence-electron chi connectivity index (χ3n) is 4.78. The van der Waals surface area contributed by atoms with E-state index in [0.717, 1.165) is 38.5 Å². The summed E-state index contributed by atoms with van der Waals surface area (Å²) in [5.74, 6) is -0.833. The number of rotatable bonds is 14. The second kappa shape index (κ2) is 13.7. The Morgan fingerprint density at radius 2 is 1.10 bits per heavy atom. The van der Waals surface area contributed by atoms with E-state index in [1.165, 1.54) is 0 Å². The summed E-state index contributed by atoms with van der Waals surface area (Å²) in [5, 5.41) is 32.1. The van der Waals surface area contributed by atoms with Crippen molar-refractivity contribution in [1.82, 2.24) is 10.6 Å². The number of carbonyl (C=O) groups excluding carboxylic acids is 2. The van der Waals surface area contributed by atoms with Gasteiger partial charge in [0.25, 0.3) is 0 Å². The van der Waals surface area contributed by atoms with Crippen LogP contribution < -0.4 is 10.6 Å². The molecule has 30 heavy (non-hydrogen) atoms. The van der Waals surface area contributed by atoms with E-state index >= 15 is 0 Å². The molecule has 0 heterocycles. The smallest absolute Gasteiger partial charge is 0.250 e. The van der Waals surface area contributed by atoms with Crippen LogP contribution in [-0.4, -0.2) is 35.0 Å². The Hall–Kier alpha value is -2.48. The van der Waals surface area contributed by atoms with Crippen LogP contribution in [0.15, 0.2) is 10.2 Å². The van der Waals surface area contributed by atoms with Crippen LogP contribution in [-0.2, 0) is 9.59 Å². The van der Waals surface area contributed by atoms with E-state index in [9.17, 15) is 20.1 Å². The predicted octanol–water partition coefficient (Wildman–Crippen LogP) is 4.17. The Morgan fingerprint density at radius 3 is 1.37 bits per heavy atom. The Kier molecular flexibility index (Phi) is 12.6. The molecule has 2 amide bonds. The molecule has 8 nitrogen and oxygen atoms in total. The molecule has 0 rings (SSSR count). The van der Waals surface area contributed by atoms with E-state index < -0.39 is 35.0 Å². The van der Waals surface area contributed by atoms with E-state index in [1.807, 2.05) is 0 Å². The lowest BCUT2D eigenvalue weighted by Gasteiger charge is -2.24. The van der Waals surface area contributed by atoms with Gasteiger partial charge in [0, 0.05) is 0 Å². The highest BCUT2D eigenvalue weighted by Gasteiger charge is 2.33. The minimum absolute atomic E-state index is 0.417. The molecule has 0 aliphatic carbocycles. The number of hydrogen-bond donors (Lipinski definition) is 2. The van der Waals surface area contributed by atoms with Gasteiger partial charge in [-0.25, -0.2) is 0 Å². The molecule has 0 aromatic rings. The van der Waals surface area contributed by atoms with Gasteiger partial charge in [-0.05, 0) is 40.5 Å². The topological polar surface area (TPSA) is 130 Å². The average molecular weight is 419 g/mol. The summed E-state index contributed by atoms with van der Waals surface area (Å²) in [6, 6.07) is 3.06. The van der Waals surface area contributed by atoms with E-state index in [2.05, 4.69) is 46.8 Å². The predicted molar refractivity (Wildman–Crippen MR) is 116 cm³/mol. The first kappa shape index (κ1) is 27.5. The lowest BCUT2D eigenvalue weighted by atomic mass is 10.0. The minimum atomic E-state index is -1.23. The second-order valence-corrected chi connectivity index (χ2v) is 8.62. The molecule has 0 saturated carbocycles. The van der Waals surface area contributed by atoms with Gasteiger partial charge in [0.2, 0.25) is 11.8 Å². The second-order valence-electron chi connectivity index (χ2n) is 8.62. The normalized spacial score (nSPS) is 13.9.